The van der Waals surface area contributed by atoms with Crippen molar-refractivity contribution in [2.45, 2.75) is 13.0 Å². The maximum Gasteiger partial charge on any atom is 0.491 e. The molecule has 0 spiro atoms. The van der Waals surface area contributed by atoms with Crippen LogP contribution in [0, 0.1) is 18.2 Å². The average Bonchev–Trinajstić information content (AvgIpc) is 2.69. The first-order valence-electron chi connectivity index (χ1n) is 5.36. The van der Waals surface area contributed by atoms with Crippen molar-refractivity contribution in [2.75, 3.05) is 6.61 Å². The molecule has 0 atom stereocenters. The van der Waals surface area contributed by atoms with Crippen LogP contribution in [-0.4, -0.2) is 24.7 Å². The van der Waals surface area contributed by atoms with Crippen molar-refractivity contribution in [3.05, 3.63) is 29.1 Å². The number of benzene rings is 1. The highest BCUT2D eigenvalue weighted by molar-refractivity contribution is 6.61. The fraction of sp³-hybridized carbons (Fsp3) is 0.250. The first kappa shape index (κ1) is 12.6. The van der Waals surface area contributed by atoms with Crippen LogP contribution in [0.4, 0.5) is 4.39 Å². The van der Waals surface area contributed by atoms with Crippen LogP contribution < -0.4 is 5.46 Å². The number of fused-ring (bicyclic) bond motifs is 1. The predicted molar refractivity (Wildman–Crippen MR) is 62.5 cm³/mol. The van der Waals surface area contributed by atoms with Gasteiger partial charge in [0, 0.05) is 6.42 Å². The number of hydrogen-bond donors (Lipinski definition) is 1. The van der Waals surface area contributed by atoms with Gasteiger partial charge in [-0.25, -0.2) is 9.18 Å². The topological polar surface area (TPSA) is 55.8 Å². The molecule has 0 unspecified atom stereocenters. The molecule has 1 aromatic rings. The average molecular weight is 248 g/mol. The van der Waals surface area contributed by atoms with E-state index in [9.17, 15) is 14.2 Å². The predicted octanol–water partition coefficient (Wildman–Crippen LogP) is 0.223. The van der Waals surface area contributed by atoms with Crippen molar-refractivity contribution >= 4 is 18.6 Å². The van der Waals surface area contributed by atoms with Crippen molar-refractivity contribution in [1.82, 2.24) is 0 Å². The fourth-order valence-electron chi connectivity index (χ4n) is 1.68. The van der Waals surface area contributed by atoms with Crippen LogP contribution in [0.15, 0.2) is 12.1 Å². The molecule has 6 heteroatoms. The number of carbonyl (C=O) groups is 1. The largest absolute Gasteiger partial charge is 0.491 e. The highest BCUT2D eigenvalue weighted by atomic mass is 19.1. The number of rotatable bonds is 3. The van der Waals surface area contributed by atoms with Gasteiger partial charge in [-0.15, -0.1) is 12.3 Å². The lowest BCUT2D eigenvalue weighted by atomic mass is 9.78. The number of carbonyl (C=O) groups excluding carboxylic acids is 1. The summed E-state index contributed by atoms with van der Waals surface area (Å²) >= 11 is 0. The molecule has 1 aromatic carbocycles. The zero-order valence-corrected chi connectivity index (χ0v) is 9.48. The van der Waals surface area contributed by atoms with Crippen molar-refractivity contribution in [3.8, 4) is 12.3 Å². The highest BCUT2D eigenvalue weighted by Gasteiger charge is 2.30. The minimum atomic E-state index is -1.13. The molecule has 0 aromatic heterocycles. The van der Waals surface area contributed by atoms with E-state index in [4.69, 9.17) is 15.8 Å². The molecule has 4 nitrogen and oxygen atoms in total. The van der Waals surface area contributed by atoms with E-state index in [0.29, 0.717) is 11.0 Å². The Morgan fingerprint density at radius 3 is 3.17 bits per heavy atom. The number of halogens is 1. The quantitative estimate of drug-likeness (QED) is 0.360. The molecule has 1 aliphatic heterocycles. The van der Waals surface area contributed by atoms with E-state index in [1.807, 2.05) is 0 Å². The summed E-state index contributed by atoms with van der Waals surface area (Å²) in [4.78, 5) is 11.6. The third kappa shape index (κ3) is 2.37. The Balaban J connectivity index is 2.21. The maximum absolute atomic E-state index is 13.7. The monoisotopic (exact) mass is 248 g/mol. The summed E-state index contributed by atoms with van der Waals surface area (Å²) in [5.41, 5.74) is 0.691. The Bertz CT molecular complexity index is 524. The SMILES string of the molecule is C#CCCOC(=O)c1cc2c(cc1F)COB2O. The lowest BCUT2D eigenvalue weighted by molar-refractivity contribution is 0.0508. The number of hydrogen-bond acceptors (Lipinski definition) is 4. The van der Waals surface area contributed by atoms with Crippen LogP contribution in [0.1, 0.15) is 22.3 Å². The van der Waals surface area contributed by atoms with E-state index in [-0.39, 0.29) is 25.2 Å². The van der Waals surface area contributed by atoms with Gasteiger partial charge in [0.05, 0.1) is 12.2 Å². The molecule has 1 aliphatic rings. The van der Waals surface area contributed by atoms with Gasteiger partial charge >= 0.3 is 13.1 Å². The van der Waals surface area contributed by atoms with E-state index in [1.165, 1.54) is 12.1 Å². The van der Waals surface area contributed by atoms with Crippen LogP contribution in [0.3, 0.4) is 0 Å². The van der Waals surface area contributed by atoms with Crippen LogP contribution >= 0.6 is 0 Å². The van der Waals surface area contributed by atoms with Crippen molar-refractivity contribution in [1.29, 1.82) is 0 Å². The molecular formula is C12H10BFO4. The van der Waals surface area contributed by atoms with Crippen LogP contribution in [-0.2, 0) is 16.0 Å². The standard InChI is InChI=1S/C12H10BFO4/c1-2-3-4-17-12(15)9-6-10-8(5-11(9)14)7-18-13(10)16/h1,5-6,16H,3-4,7H2. The van der Waals surface area contributed by atoms with Gasteiger partial charge in [-0.1, -0.05) is 0 Å². The number of esters is 1. The first-order valence-corrected chi connectivity index (χ1v) is 5.36. The number of terminal acetylenes is 1. The molecule has 0 fully saturated rings. The van der Waals surface area contributed by atoms with Crippen molar-refractivity contribution in [3.63, 3.8) is 0 Å². The summed E-state index contributed by atoms with van der Waals surface area (Å²) in [5.74, 6) is 0.809. The molecule has 0 radical (unpaired) electrons. The van der Waals surface area contributed by atoms with Crippen LogP contribution in [0.5, 0.6) is 0 Å². The van der Waals surface area contributed by atoms with Gasteiger partial charge < -0.3 is 14.4 Å². The summed E-state index contributed by atoms with van der Waals surface area (Å²) in [6, 6.07) is 2.42. The van der Waals surface area contributed by atoms with E-state index >= 15 is 0 Å². The smallest absolute Gasteiger partial charge is 0.461 e. The summed E-state index contributed by atoms with van der Waals surface area (Å²) in [7, 11) is -1.13. The van der Waals surface area contributed by atoms with Crippen molar-refractivity contribution < 1.29 is 23.6 Å². The third-order valence-electron chi connectivity index (χ3n) is 2.59. The van der Waals surface area contributed by atoms with Gasteiger partial charge in [0.2, 0.25) is 0 Å². The first-order chi connectivity index (χ1) is 8.63. The molecule has 18 heavy (non-hydrogen) atoms. The molecule has 0 saturated carbocycles. The highest BCUT2D eigenvalue weighted by Crippen LogP contribution is 2.16. The van der Waals surface area contributed by atoms with Gasteiger partial charge in [-0.2, -0.15) is 0 Å². The fourth-order valence-corrected chi connectivity index (χ4v) is 1.68. The molecule has 1 heterocycles. The van der Waals surface area contributed by atoms with Gasteiger partial charge in [0.25, 0.3) is 0 Å². The Labute approximate surface area is 104 Å². The maximum atomic E-state index is 13.7. The minimum Gasteiger partial charge on any atom is -0.461 e. The van der Waals surface area contributed by atoms with E-state index in [2.05, 4.69) is 5.92 Å². The molecule has 0 saturated heterocycles. The van der Waals surface area contributed by atoms with Gasteiger partial charge in [-0.3, -0.25) is 0 Å². The zero-order valence-electron chi connectivity index (χ0n) is 9.48. The molecule has 1 N–H and O–H groups in total. The Morgan fingerprint density at radius 2 is 2.44 bits per heavy atom. The molecule has 2 rings (SSSR count). The van der Waals surface area contributed by atoms with E-state index in [0.717, 1.165) is 0 Å². The Hall–Kier alpha value is -1.84. The lowest BCUT2D eigenvalue weighted by Crippen LogP contribution is -2.29. The molecular weight excluding hydrogens is 238 g/mol. The molecule has 0 aliphatic carbocycles. The van der Waals surface area contributed by atoms with Gasteiger partial charge in [0.1, 0.15) is 12.4 Å². The van der Waals surface area contributed by atoms with E-state index < -0.39 is 18.9 Å². The van der Waals surface area contributed by atoms with Crippen LogP contribution in [0.2, 0.25) is 0 Å². The lowest BCUT2D eigenvalue weighted by Gasteiger charge is -2.06. The van der Waals surface area contributed by atoms with Gasteiger partial charge in [-0.05, 0) is 23.2 Å². The number of ether oxygens (including phenoxy) is 1. The van der Waals surface area contributed by atoms with Crippen molar-refractivity contribution in [2.24, 2.45) is 0 Å². The second-order valence-corrected chi connectivity index (χ2v) is 3.78. The minimum absolute atomic E-state index is 0.0327. The normalized spacial score (nSPS) is 13.1. The third-order valence-corrected chi connectivity index (χ3v) is 2.59. The Kier molecular flexibility index (Phi) is 3.65. The summed E-state index contributed by atoms with van der Waals surface area (Å²) in [6.07, 6.45) is 5.28. The summed E-state index contributed by atoms with van der Waals surface area (Å²) in [6.45, 7) is 0.157. The molecule has 92 valence electrons. The van der Waals surface area contributed by atoms with Gasteiger partial charge in [0.15, 0.2) is 0 Å². The summed E-state index contributed by atoms with van der Waals surface area (Å²) < 4.78 is 23.4. The molecule has 0 bridgehead atoms. The zero-order chi connectivity index (χ0) is 13.1. The summed E-state index contributed by atoms with van der Waals surface area (Å²) in [5, 5.41) is 9.47. The van der Waals surface area contributed by atoms with Crippen LogP contribution in [0.25, 0.3) is 0 Å². The second kappa shape index (κ2) is 5.21. The molecule has 0 amide bonds. The second-order valence-electron chi connectivity index (χ2n) is 3.78. The van der Waals surface area contributed by atoms with E-state index in [1.54, 1.807) is 0 Å². The Morgan fingerprint density at radius 1 is 1.67 bits per heavy atom.